The lowest BCUT2D eigenvalue weighted by Crippen LogP contribution is -2.15. The average Bonchev–Trinajstić information content (AvgIpc) is 2.39. The van der Waals surface area contributed by atoms with Crippen molar-refractivity contribution in [1.29, 1.82) is 0 Å². The Morgan fingerprint density at radius 2 is 1.70 bits per heavy atom. The van der Waals surface area contributed by atoms with Gasteiger partial charge in [-0.2, -0.15) is 0 Å². The van der Waals surface area contributed by atoms with E-state index in [1.165, 1.54) is 24.3 Å². The van der Waals surface area contributed by atoms with E-state index in [1.54, 1.807) is 12.1 Å². The van der Waals surface area contributed by atoms with Crippen LogP contribution in [-0.4, -0.2) is 19.3 Å². The third-order valence-corrected chi connectivity index (χ3v) is 5.09. The molecule has 0 spiro atoms. The quantitative estimate of drug-likeness (QED) is 0.943. The molecule has 2 rings (SSSR count). The standard InChI is InChI=1S/C15H15ClO3S/c1-11-4-2-3-5-14(11)15(17)10-20(18,19)13-8-6-12(16)7-9-13/h2-9,15,17H,10H2,1H3. The predicted octanol–water partition coefficient (Wildman–Crippen LogP) is 3.16. The maximum absolute atomic E-state index is 12.2. The third-order valence-electron chi connectivity index (χ3n) is 3.10. The van der Waals surface area contributed by atoms with Crippen LogP contribution in [0.15, 0.2) is 53.4 Å². The number of aliphatic hydroxyl groups is 1. The number of benzene rings is 2. The van der Waals surface area contributed by atoms with Gasteiger partial charge >= 0.3 is 0 Å². The molecule has 0 aliphatic rings. The lowest BCUT2D eigenvalue weighted by molar-refractivity contribution is 0.201. The largest absolute Gasteiger partial charge is 0.387 e. The van der Waals surface area contributed by atoms with Gasteiger partial charge in [0.2, 0.25) is 0 Å². The van der Waals surface area contributed by atoms with E-state index in [9.17, 15) is 13.5 Å². The minimum Gasteiger partial charge on any atom is -0.387 e. The molecule has 1 atom stereocenters. The Kier molecular flexibility index (Phi) is 4.48. The third kappa shape index (κ3) is 3.39. The van der Waals surface area contributed by atoms with E-state index in [4.69, 9.17) is 11.6 Å². The summed E-state index contributed by atoms with van der Waals surface area (Å²) in [6, 6.07) is 13.1. The van der Waals surface area contributed by atoms with Crippen LogP contribution in [0.1, 0.15) is 17.2 Å². The van der Waals surface area contributed by atoms with E-state index in [-0.39, 0.29) is 10.6 Å². The van der Waals surface area contributed by atoms with Crippen molar-refractivity contribution in [3.8, 4) is 0 Å². The fraction of sp³-hybridized carbons (Fsp3) is 0.200. The van der Waals surface area contributed by atoms with Crippen LogP contribution in [0.2, 0.25) is 5.02 Å². The van der Waals surface area contributed by atoms with Gasteiger partial charge < -0.3 is 5.11 Å². The minimum absolute atomic E-state index is 0.162. The van der Waals surface area contributed by atoms with Gasteiger partial charge in [0, 0.05) is 5.02 Å². The molecular formula is C15H15ClO3S. The van der Waals surface area contributed by atoms with Crippen LogP contribution in [0, 0.1) is 6.92 Å². The van der Waals surface area contributed by atoms with Crippen molar-refractivity contribution in [3.05, 3.63) is 64.7 Å². The van der Waals surface area contributed by atoms with Gasteiger partial charge in [-0.3, -0.25) is 0 Å². The lowest BCUT2D eigenvalue weighted by Gasteiger charge is -2.14. The molecule has 0 amide bonds. The predicted molar refractivity (Wildman–Crippen MR) is 79.6 cm³/mol. The second-order valence-electron chi connectivity index (χ2n) is 4.61. The van der Waals surface area contributed by atoms with E-state index in [2.05, 4.69) is 0 Å². The molecule has 1 unspecified atom stereocenters. The molecule has 1 N–H and O–H groups in total. The van der Waals surface area contributed by atoms with E-state index in [1.807, 2.05) is 19.1 Å². The Hall–Kier alpha value is -1.36. The Morgan fingerprint density at radius 3 is 2.30 bits per heavy atom. The molecule has 0 saturated carbocycles. The van der Waals surface area contributed by atoms with E-state index in [0.29, 0.717) is 10.6 Å². The van der Waals surface area contributed by atoms with Crippen LogP contribution >= 0.6 is 11.6 Å². The summed E-state index contributed by atoms with van der Waals surface area (Å²) in [6.45, 7) is 1.84. The summed E-state index contributed by atoms with van der Waals surface area (Å²) in [7, 11) is -3.55. The lowest BCUT2D eigenvalue weighted by atomic mass is 10.1. The minimum atomic E-state index is -3.55. The molecule has 0 aliphatic carbocycles. The van der Waals surface area contributed by atoms with Crippen LogP contribution in [0.25, 0.3) is 0 Å². The summed E-state index contributed by atoms with van der Waals surface area (Å²) < 4.78 is 24.5. The van der Waals surface area contributed by atoms with E-state index in [0.717, 1.165) is 5.56 Å². The Labute approximate surface area is 123 Å². The van der Waals surface area contributed by atoms with Crippen molar-refractivity contribution in [3.63, 3.8) is 0 Å². The van der Waals surface area contributed by atoms with E-state index >= 15 is 0 Å². The number of rotatable bonds is 4. The van der Waals surface area contributed by atoms with Crippen molar-refractivity contribution in [2.24, 2.45) is 0 Å². The Bertz CT molecular complexity index is 693. The molecule has 0 aromatic heterocycles. The summed E-state index contributed by atoms with van der Waals surface area (Å²) in [5, 5.41) is 10.6. The molecule has 2 aromatic rings. The zero-order valence-corrected chi connectivity index (χ0v) is 12.5. The number of hydrogen-bond acceptors (Lipinski definition) is 3. The van der Waals surface area contributed by atoms with Gasteiger partial charge in [-0.15, -0.1) is 0 Å². The first kappa shape index (κ1) is 15.0. The molecule has 2 aromatic carbocycles. The molecule has 0 radical (unpaired) electrons. The van der Waals surface area contributed by atoms with Crippen LogP contribution < -0.4 is 0 Å². The zero-order chi connectivity index (χ0) is 14.8. The number of aryl methyl sites for hydroxylation is 1. The molecule has 0 fully saturated rings. The van der Waals surface area contributed by atoms with Crippen molar-refractivity contribution in [1.82, 2.24) is 0 Å². The molecular weight excluding hydrogens is 296 g/mol. The smallest absolute Gasteiger partial charge is 0.181 e. The van der Waals surface area contributed by atoms with Crippen LogP contribution in [0.5, 0.6) is 0 Å². The monoisotopic (exact) mass is 310 g/mol. The highest BCUT2D eigenvalue weighted by Crippen LogP contribution is 2.23. The van der Waals surface area contributed by atoms with Gasteiger partial charge in [0.15, 0.2) is 9.84 Å². The number of hydrogen-bond donors (Lipinski definition) is 1. The summed E-state index contributed by atoms with van der Waals surface area (Å²) in [6.07, 6.45) is -1.04. The van der Waals surface area contributed by atoms with Gasteiger partial charge in [-0.05, 0) is 42.3 Å². The molecule has 106 valence electrons. The van der Waals surface area contributed by atoms with Crippen LogP contribution in [-0.2, 0) is 9.84 Å². The van der Waals surface area contributed by atoms with Gasteiger partial charge in [0.05, 0.1) is 16.8 Å². The summed E-state index contributed by atoms with van der Waals surface area (Å²) in [5.41, 5.74) is 1.50. The number of aliphatic hydroxyl groups excluding tert-OH is 1. The first-order valence-corrected chi connectivity index (χ1v) is 8.15. The Morgan fingerprint density at radius 1 is 1.10 bits per heavy atom. The highest BCUT2D eigenvalue weighted by Gasteiger charge is 2.21. The van der Waals surface area contributed by atoms with Gasteiger partial charge in [-0.1, -0.05) is 35.9 Å². The normalized spacial score (nSPS) is 13.2. The van der Waals surface area contributed by atoms with Crippen molar-refractivity contribution in [2.75, 3.05) is 5.75 Å². The zero-order valence-electron chi connectivity index (χ0n) is 11.0. The topological polar surface area (TPSA) is 54.4 Å². The SMILES string of the molecule is Cc1ccccc1C(O)CS(=O)(=O)c1ccc(Cl)cc1. The van der Waals surface area contributed by atoms with Gasteiger partial charge in [0.1, 0.15) is 0 Å². The van der Waals surface area contributed by atoms with Crippen molar-refractivity contribution >= 4 is 21.4 Å². The summed E-state index contributed by atoms with van der Waals surface area (Å²) in [4.78, 5) is 0.162. The fourth-order valence-corrected chi connectivity index (χ4v) is 3.46. The second kappa shape index (κ2) is 5.95. The first-order chi connectivity index (χ1) is 9.40. The molecule has 0 aliphatic heterocycles. The summed E-state index contributed by atoms with van der Waals surface area (Å²) >= 11 is 5.74. The molecule has 0 heterocycles. The maximum Gasteiger partial charge on any atom is 0.181 e. The molecule has 0 bridgehead atoms. The van der Waals surface area contributed by atoms with Crippen LogP contribution in [0.4, 0.5) is 0 Å². The number of sulfone groups is 1. The maximum atomic E-state index is 12.2. The highest BCUT2D eigenvalue weighted by molar-refractivity contribution is 7.91. The number of halogens is 1. The molecule has 5 heteroatoms. The van der Waals surface area contributed by atoms with Crippen molar-refractivity contribution in [2.45, 2.75) is 17.9 Å². The second-order valence-corrected chi connectivity index (χ2v) is 7.08. The molecule has 20 heavy (non-hydrogen) atoms. The molecule has 0 saturated heterocycles. The Balaban J connectivity index is 2.24. The fourth-order valence-electron chi connectivity index (χ4n) is 2.00. The van der Waals surface area contributed by atoms with Crippen molar-refractivity contribution < 1.29 is 13.5 Å². The van der Waals surface area contributed by atoms with Crippen LogP contribution in [0.3, 0.4) is 0 Å². The van der Waals surface area contributed by atoms with Gasteiger partial charge in [-0.25, -0.2) is 8.42 Å². The van der Waals surface area contributed by atoms with E-state index < -0.39 is 15.9 Å². The molecule has 3 nitrogen and oxygen atoms in total. The highest BCUT2D eigenvalue weighted by atomic mass is 35.5. The van der Waals surface area contributed by atoms with Gasteiger partial charge in [0.25, 0.3) is 0 Å². The summed E-state index contributed by atoms with van der Waals surface area (Å²) in [5.74, 6) is -0.348. The first-order valence-electron chi connectivity index (χ1n) is 6.12. The average molecular weight is 311 g/mol.